The van der Waals surface area contributed by atoms with Gasteiger partial charge in [-0.3, -0.25) is 0 Å². The van der Waals surface area contributed by atoms with Crippen LogP contribution in [0.2, 0.25) is 0 Å². The van der Waals surface area contributed by atoms with Crippen molar-refractivity contribution in [1.82, 2.24) is 0 Å². The molecule has 0 aliphatic carbocycles. The molecule has 3 rings (SSSR count). The zero-order chi connectivity index (χ0) is 19.4. The van der Waals surface area contributed by atoms with Gasteiger partial charge in [-0.1, -0.05) is 79.7 Å². The molecule has 0 bridgehead atoms. The fraction of sp³-hybridized carbons (Fsp3) is 0.250. The molecular weight excluding hydrogens is 345 g/mol. The first-order chi connectivity index (χ1) is 12.9. The second-order valence-electron chi connectivity index (χ2n) is 7.00. The van der Waals surface area contributed by atoms with Crippen molar-refractivity contribution in [2.75, 3.05) is 0 Å². The Kier molecular flexibility index (Phi) is 5.69. The van der Waals surface area contributed by atoms with Crippen LogP contribution in [0.3, 0.4) is 0 Å². The topological polar surface area (TPSA) is 0 Å². The molecule has 0 heterocycles. The molecule has 0 aliphatic heterocycles. The predicted octanol–water partition coefficient (Wildman–Crippen LogP) is 7.54. The maximum atomic E-state index is 12.8. The molecule has 0 nitrogen and oxygen atoms in total. The van der Waals surface area contributed by atoms with E-state index in [0.29, 0.717) is 6.42 Å². The summed E-state index contributed by atoms with van der Waals surface area (Å²) in [7, 11) is 0. The molecule has 1 atom stereocenters. The molecule has 27 heavy (non-hydrogen) atoms. The van der Waals surface area contributed by atoms with E-state index in [2.05, 4.69) is 43.8 Å². The quantitative estimate of drug-likeness (QED) is 0.394. The molecule has 0 aliphatic rings. The van der Waals surface area contributed by atoms with Gasteiger partial charge in [-0.05, 0) is 47.2 Å². The highest BCUT2D eigenvalue weighted by atomic mass is 19.4. The molecule has 0 N–H and O–H groups in total. The summed E-state index contributed by atoms with van der Waals surface area (Å²) in [5.74, 6) is 0.206. The lowest BCUT2D eigenvalue weighted by molar-refractivity contribution is -0.137. The van der Waals surface area contributed by atoms with Gasteiger partial charge >= 0.3 is 6.18 Å². The van der Waals surface area contributed by atoms with E-state index in [-0.39, 0.29) is 5.92 Å². The molecule has 3 heteroatoms. The van der Waals surface area contributed by atoms with Gasteiger partial charge in [-0.15, -0.1) is 0 Å². The lowest BCUT2D eigenvalue weighted by Gasteiger charge is -2.18. The van der Waals surface area contributed by atoms with Gasteiger partial charge < -0.3 is 0 Å². The van der Waals surface area contributed by atoms with Crippen LogP contribution in [-0.2, 0) is 12.6 Å². The van der Waals surface area contributed by atoms with E-state index in [1.807, 2.05) is 12.1 Å². The highest BCUT2D eigenvalue weighted by molar-refractivity contribution is 5.86. The number of alkyl halides is 3. The number of rotatable bonds is 6. The summed E-state index contributed by atoms with van der Waals surface area (Å²) in [6.07, 6.45) is -2.09. The summed E-state index contributed by atoms with van der Waals surface area (Å²) in [5, 5.41) is 2.44. The summed E-state index contributed by atoms with van der Waals surface area (Å²) in [6.45, 7) is 6.39. The van der Waals surface area contributed by atoms with Crippen molar-refractivity contribution in [3.8, 4) is 0 Å². The Bertz CT molecular complexity index is 932. The highest BCUT2D eigenvalue weighted by Crippen LogP contribution is 2.32. The van der Waals surface area contributed by atoms with Gasteiger partial charge in [0.1, 0.15) is 0 Å². The van der Waals surface area contributed by atoms with Gasteiger partial charge in [0, 0.05) is 5.92 Å². The summed E-state index contributed by atoms with van der Waals surface area (Å²) in [5.41, 5.74) is 2.49. The highest BCUT2D eigenvalue weighted by Gasteiger charge is 2.30. The Balaban J connectivity index is 1.64. The molecule has 0 unspecified atom stereocenters. The second kappa shape index (κ2) is 7.99. The van der Waals surface area contributed by atoms with Crippen molar-refractivity contribution in [3.05, 3.63) is 95.6 Å². The van der Waals surface area contributed by atoms with E-state index in [0.717, 1.165) is 30.0 Å². The zero-order valence-electron chi connectivity index (χ0n) is 15.4. The smallest absolute Gasteiger partial charge is 0.166 e. The molecule has 140 valence electrons. The number of fused-ring (bicyclic) bond motifs is 1. The maximum absolute atomic E-state index is 12.8. The number of halogens is 3. The lowest BCUT2D eigenvalue weighted by Crippen LogP contribution is -2.05. The third kappa shape index (κ3) is 4.60. The zero-order valence-corrected chi connectivity index (χ0v) is 15.4. The van der Waals surface area contributed by atoms with E-state index in [9.17, 15) is 13.2 Å². The van der Waals surface area contributed by atoms with Gasteiger partial charge in [0.2, 0.25) is 0 Å². The minimum atomic E-state index is -4.29. The van der Waals surface area contributed by atoms with E-state index >= 15 is 0 Å². The van der Waals surface area contributed by atoms with Crippen LogP contribution in [0.5, 0.6) is 0 Å². The average molecular weight is 368 g/mol. The fourth-order valence-electron chi connectivity index (χ4n) is 3.49. The van der Waals surface area contributed by atoms with Crippen molar-refractivity contribution >= 4 is 10.8 Å². The average Bonchev–Trinajstić information content (AvgIpc) is 2.66. The molecule has 0 aromatic heterocycles. The Hall–Kier alpha value is -2.55. The van der Waals surface area contributed by atoms with E-state index < -0.39 is 11.7 Å². The molecule has 0 fully saturated rings. The lowest BCUT2D eigenvalue weighted by atomic mass is 9.87. The minimum absolute atomic E-state index is 0.206. The van der Waals surface area contributed by atoms with Crippen LogP contribution in [0.4, 0.5) is 13.2 Å². The van der Waals surface area contributed by atoms with Crippen LogP contribution in [0.15, 0.2) is 78.9 Å². The molecule has 3 aromatic carbocycles. The van der Waals surface area contributed by atoms with Crippen LogP contribution in [0.25, 0.3) is 10.8 Å². The maximum Gasteiger partial charge on any atom is 0.416 e. The van der Waals surface area contributed by atoms with Gasteiger partial charge in [-0.25, -0.2) is 0 Å². The van der Waals surface area contributed by atoms with Gasteiger partial charge in [0.05, 0.1) is 5.56 Å². The standard InChI is InChI=1S/C24H23F3/c1-17(8-5-9-19-10-6-13-21(16-19)24(25,26)27)18(2)22-15-7-12-20-11-3-4-14-23(20)22/h3-4,6-7,10-16,18H,1,5,8-9H2,2H3/t18-/m0/s1. The van der Waals surface area contributed by atoms with Crippen molar-refractivity contribution in [2.24, 2.45) is 0 Å². The molecule has 0 saturated carbocycles. The third-order valence-electron chi connectivity index (χ3n) is 5.12. The molecule has 0 radical (unpaired) electrons. The van der Waals surface area contributed by atoms with Gasteiger partial charge in [0.15, 0.2) is 0 Å². The monoisotopic (exact) mass is 368 g/mol. The number of allylic oxidation sites excluding steroid dienone is 1. The van der Waals surface area contributed by atoms with Crippen molar-refractivity contribution in [3.63, 3.8) is 0 Å². The van der Waals surface area contributed by atoms with Gasteiger partial charge in [0.25, 0.3) is 0 Å². The largest absolute Gasteiger partial charge is 0.416 e. The minimum Gasteiger partial charge on any atom is -0.166 e. The third-order valence-corrected chi connectivity index (χ3v) is 5.12. The molecule has 3 aromatic rings. The second-order valence-corrected chi connectivity index (χ2v) is 7.00. The van der Waals surface area contributed by atoms with Crippen LogP contribution in [-0.4, -0.2) is 0 Å². The number of hydrogen-bond acceptors (Lipinski definition) is 0. The number of hydrogen-bond donors (Lipinski definition) is 0. The van der Waals surface area contributed by atoms with Crippen LogP contribution in [0, 0.1) is 0 Å². The van der Waals surface area contributed by atoms with E-state index in [1.165, 1.54) is 28.5 Å². The molecular formula is C24H23F3. The molecule has 0 spiro atoms. The Morgan fingerprint density at radius 3 is 2.44 bits per heavy atom. The molecule has 0 saturated heterocycles. The Morgan fingerprint density at radius 1 is 0.963 bits per heavy atom. The Morgan fingerprint density at radius 2 is 1.67 bits per heavy atom. The number of aryl methyl sites for hydroxylation is 1. The van der Waals surface area contributed by atoms with Crippen molar-refractivity contribution < 1.29 is 13.2 Å². The summed E-state index contributed by atoms with van der Waals surface area (Å²) in [6, 6.07) is 20.2. The van der Waals surface area contributed by atoms with Crippen LogP contribution >= 0.6 is 0 Å². The predicted molar refractivity (Wildman–Crippen MR) is 106 cm³/mol. The fourth-order valence-corrected chi connectivity index (χ4v) is 3.49. The summed E-state index contributed by atoms with van der Waals surface area (Å²) in [4.78, 5) is 0. The van der Waals surface area contributed by atoms with Crippen LogP contribution in [0.1, 0.15) is 42.4 Å². The van der Waals surface area contributed by atoms with E-state index in [4.69, 9.17) is 0 Å². The first kappa shape index (κ1) is 19.2. The Labute approximate surface area is 158 Å². The first-order valence-electron chi connectivity index (χ1n) is 9.18. The van der Waals surface area contributed by atoms with Crippen molar-refractivity contribution in [1.29, 1.82) is 0 Å². The van der Waals surface area contributed by atoms with Crippen LogP contribution < -0.4 is 0 Å². The summed E-state index contributed by atoms with van der Waals surface area (Å²) >= 11 is 0. The normalized spacial score (nSPS) is 12.9. The molecule has 0 amide bonds. The number of benzene rings is 3. The van der Waals surface area contributed by atoms with E-state index in [1.54, 1.807) is 6.07 Å². The van der Waals surface area contributed by atoms with Gasteiger partial charge in [-0.2, -0.15) is 13.2 Å². The summed E-state index contributed by atoms with van der Waals surface area (Å²) < 4.78 is 38.5. The SMILES string of the molecule is C=C(CCCc1cccc(C(F)(F)F)c1)[C@H](C)c1cccc2ccccc12. The van der Waals surface area contributed by atoms with Crippen molar-refractivity contribution in [2.45, 2.75) is 38.3 Å². The first-order valence-corrected chi connectivity index (χ1v) is 9.18.